The van der Waals surface area contributed by atoms with Gasteiger partial charge in [0, 0.05) is 30.4 Å². The lowest BCUT2D eigenvalue weighted by molar-refractivity contribution is -0.385. The van der Waals surface area contributed by atoms with E-state index in [-0.39, 0.29) is 10.6 Å². The number of anilines is 1. The van der Waals surface area contributed by atoms with E-state index in [1.807, 2.05) is 30.3 Å². The lowest BCUT2D eigenvalue weighted by Crippen LogP contribution is -2.25. The van der Waals surface area contributed by atoms with Crippen LogP contribution >= 0.6 is 0 Å². The minimum Gasteiger partial charge on any atom is -0.371 e. The van der Waals surface area contributed by atoms with Gasteiger partial charge in [-0.15, -0.1) is 0 Å². The van der Waals surface area contributed by atoms with Gasteiger partial charge < -0.3 is 4.90 Å². The van der Waals surface area contributed by atoms with Gasteiger partial charge in [0.05, 0.1) is 4.92 Å². The number of para-hydroxylation sites is 2. The third-order valence-corrected chi connectivity index (χ3v) is 3.34. The molecule has 0 aliphatic rings. The van der Waals surface area contributed by atoms with E-state index < -0.39 is 0 Å². The summed E-state index contributed by atoms with van der Waals surface area (Å²) in [6, 6.07) is 17.1. The molecule has 0 unspecified atom stereocenters. The zero-order valence-electron chi connectivity index (χ0n) is 11.5. The quantitative estimate of drug-likeness (QED) is 0.594. The van der Waals surface area contributed by atoms with Crippen molar-refractivity contribution in [2.45, 2.75) is 13.3 Å². The third kappa shape index (κ3) is 3.35. The van der Waals surface area contributed by atoms with Crippen LogP contribution in [-0.2, 0) is 6.42 Å². The minimum atomic E-state index is -0.311. The predicted octanol–water partition coefficient (Wildman–Crippen LogP) is 3.66. The topological polar surface area (TPSA) is 46.4 Å². The fourth-order valence-electron chi connectivity index (χ4n) is 2.26. The van der Waals surface area contributed by atoms with Gasteiger partial charge in [-0.05, 0) is 25.5 Å². The molecule has 4 nitrogen and oxygen atoms in total. The van der Waals surface area contributed by atoms with Crippen molar-refractivity contribution < 1.29 is 4.92 Å². The fraction of sp³-hybridized carbons (Fsp3) is 0.250. The highest BCUT2D eigenvalue weighted by Crippen LogP contribution is 2.20. The molecule has 104 valence electrons. The Labute approximate surface area is 118 Å². The molecule has 4 heteroatoms. The zero-order valence-corrected chi connectivity index (χ0v) is 11.5. The molecule has 0 atom stereocenters. The number of nitrogens with zero attached hydrogens (tertiary/aromatic N) is 2. The fourth-order valence-corrected chi connectivity index (χ4v) is 2.26. The Morgan fingerprint density at radius 2 is 1.70 bits per heavy atom. The molecular weight excluding hydrogens is 252 g/mol. The molecule has 2 aromatic carbocycles. The van der Waals surface area contributed by atoms with Crippen molar-refractivity contribution in [2.24, 2.45) is 0 Å². The van der Waals surface area contributed by atoms with Crippen LogP contribution in [0.5, 0.6) is 0 Å². The highest BCUT2D eigenvalue weighted by molar-refractivity contribution is 5.47. The molecule has 0 bridgehead atoms. The van der Waals surface area contributed by atoms with Gasteiger partial charge in [-0.25, -0.2) is 0 Å². The van der Waals surface area contributed by atoms with Crippen molar-refractivity contribution in [1.82, 2.24) is 0 Å². The molecule has 0 aliphatic heterocycles. The lowest BCUT2D eigenvalue weighted by atomic mass is 10.1. The molecule has 0 N–H and O–H groups in total. The second-order valence-electron chi connectivity index (χ2n) is 4.55. The summed E-state index contributed by atoms with van der Waals surface area (Å²) < 4.78 is 0. The highest BCUT2D eigenvalue weighted by atomic mass is 16.6. The summed E-state index contributed by atoms with van der Waals surface area (Å²) in [6.07, 6.45) is 0.667. The molecule has 2 aromatic rings. The van der Waals surface area contributed by atoms with Gasteiger partial charge in [0.1, 0.15) is 0 Å². The summed E-state index contributed by atoms with van der Waals surface area (Å²) in [6.45, 7) is 3.74. The summed E-state index contributed by atoms with van der Waals surface area (Å²) in [5.41, 5.74) is 2.14. The molecule has 0 heterocycles. The molecule has 0 saturated carbocycles. The molecule has 0 aliphatic carbocycles. The Hall–Kier alpha value is -2.36. The van der Waals surface area contributed by atoms with Gasteiger partial charge in [-0.1, -0.05) is 36.4 Å². The van der Waals surface area contributed by atoms with Crippen molar-refractivity contribution in [3.8, 4) is 0 Å². The zero-order chi connectivity index (χ0) is 14.4. The van der Waals surface area contributed by atoms with Crippen molar-refractivity contribution >= 4 is 11.4 Å². The maximum Gasteiger partial charge on any atom is 0.272 e. The Morgan fingerprint density at radius 3 is 2.35 bits per heavy atom. The Morgan fingerprint density at radius 1 is 1.05 bits per heavy atom. The van der Waals surface area contributed by atoms with E-state index >= 15 is 0 Å². The van der Waals surface area contributed by atoms with Gasteiger partial charge >= 0.3 is 0 Å². The molecule has 0 aromatic heterocycles. The molecule has 0 radical (unpaired) electrons. The maximum absolute atomic E-state index is 11.0. The van der Waals surface area contributed by atoms with Crippen LogP contribution in [0.2, 0.25) is 0 Å². The van der Waals surface area contributed by atoms with Gasteiger partial charge in [0.15, 0.2) is 0 Å². The summed E-state index contributed by atoms with van der Waals surface area (Å²) in [5, 5.41) is 11.0. The molecular formula is C16H18N2O2. The van der Waals surface area contributed by atoms with E-state index in [2.05, 4.69) is 24.0 Å². The standard InChI is InChI=1S/C16H18N2O2/c1-2-17(15-9-4-3-5-10-15)13-12-14-8-6-7-11-16(14)18(19)20/h3-11H,2,12-13H2,1H3. The Bertz CT molecular complexity index is 570. The highest BCUT2D eigenvalue weighted by Gasteiger charge is 2.13. The Balaban J connectivity index is 2.10. The van der Waals surface area contributed by atoms with Crippen LogP contribution < -0.4 is 4.90 Å². The molecule has 0 saturated heterocycles. The summed E-state index contributed by atoms with van der Waals surface area (Å²) in [4.78, 5) is 12.9. The van der Waals surface area contributed by atoms with E-state index in [1.54, 1.807) is 12.1 Å². The van der Waals surface area contributed by atoms with Crippen molar-refractivity contribution in [1.29, 1.82) is 0 Å². The van der Waals surface area contributed by atoms with Gasteiger partial charge in [-0.2, -0.15) is 0 Å². The second-order valence-corrected chi connectivity index (χ2v) is 4.55. The third-order valence-electron chi connectivity index (χ3n) is 3.34. The van der Waals surface area contributed by atoms with Crippen molar-refractivity contribution in [3.05, 3.63) is 70.3 Å². The first-order chi connectivity index (χ1) is 9.72. The maximum atomic E-state index is 11.0. The summed E-state index contributed by atoms with van der Waals surface area (Å²) in [7, 11) is 0. The van der Waals surface area contributed by atoms with E-state index in [9.17, 15) is 10.1 Å². The Kier molecular flexibility index (Phi) is 4.71. The first-order valence-electron chi connectivity index (χ1n) is 6.74. The smallest absolute Gasteiger partial charge is 0.272 e. The van der Waals surface area contributed by atoms with E-state index in [1.165, 1.54) is 0 Å². The predicted molar refractivity (Wildman–Crippen MR) is 81.1 cm³/mol. The van der Waals surface area contributed by atoms with Crippen molar-refractivity contribution in [3.63, 3.8) is 0 Å². The number of nitro groups is 1. The molecule has 2 rings (SSSR count). The van der Waals surface area contributed by atoms with E-state index in [0.29, 0.717) is 6.42 Å². The number of likely N-dealkylation sites (N-methyl/N-ethyl adjacent to an activating group) is 1. The van der Waals surface area contributed by atoms with Crippen LogP contribution in [-0.4, -0.2) is 18.0 Å². The van der Waals surface area contributed by atoms with Crippen molar-refractivity contribution in [2.75, 3.05) is 18.0 Å². The number of rotatable bonds is 6. The number of hydrogen-bond donors (Lipinski definition) is 0. The summed E-state index contributed by atoms with van der Waals surface area (Å²) >= 11 is 0. The minimum absolute atomic E-state index is 0.205. The summed E-state index contributed by atoms with van der Waals surface area (Å²) in [5.74, 6) is 0. The second kappa shape index (κ2) is 6.70. The van der Waals surface area contributed by atoms with Gasteiger partial charge in [-0.3, -0.25) is 10.1 Å². The van der Waals surface area contributed by atoms with Gasteiger partial charge in [0.2, 0.25) is 0 Å². The van der Waals surface area contributed by atoms with Crippen LogP contribution in [0.1, 0.15) is 12.5 Å². The van der Waals surface area contributed by atoms with E-state index in [0.717, 1.165) is 24.3 Å². The first kappa shape index (κ1) is 14.1. The van der Waals surface area contributed by atoms with Gasteiger partial charge in [0.25, 0.3) is 5.69 Å². The molecule has 0 amide bonds. The number of nitro benzene ring substituents is 1. The largest absolute Gasteiger partial charge is 0.371 e. The first-order valence-corrected chi connectivity index (χ1v) is 6.74. The molecule has 0 spiro atoms. The average Bonchev–Trinajstić information content (AvgIpc) is 2.49. The van der Waals surface area contributed by atoms with Crippen LogP contribution in [0.15, 0.2) is 54.6 Å². The van der Waals surface area contributed by atoms with Crippen LogP contribution in [0.4, 0.5) is 11.4 Å². The number of hydrogen-bond acceptors (Lipinski definition) is 3. The van der Waals surface area contributed by atoms with E-state index in [4.69, 9.17) is 0 Å². The number of benzene rings is 2. The average molecular weight is 270 g/mol. The molecule has 20 heavy (non-hydrogen) atoms. The van der Waals surface area contributed by atoms with Crippen LogP contribution in [0.25, 0.3) is 0 Å². The normalized spacial score (nSPS) is 10.2. The van der Waals surface area contributed by atoms with Crippen LogP contribution in [0.3, 0.4) is 0 Å². The monoisotopic (exact) mass is 270 g/mol. The van der Waals surface area contributed by atoms with Crippen LogP contribution in [0, 0.1) is 10.1 Å². The molecule has 0 fully saturated rings. The SMILES string of the molecule is CCN(CCc1ccccc1[N+](=O)[O-])c1ccccc1. The lowest BCUT2D eigenvalue weighted by Gasteiger charge is -2.23.